The van der Waals surface area contributed by atoms with E-state index < -0.39 is 6.10 Å². The van der Waals surface area contributed by atoms with Crippen molar-refractivity contribution in [3.05, 3.63) is 72.9 Å². The molecule has 83 heavy (non-hydrogen) atoms. The molecule has 0 bridgehead atoms. The van der Waals surface area contributed by atoms with Crippen LogP contribution in [-0.2, 0) is 19.1 Å². The van der Waals surface area contributed by atoms with Gasteiger partial charge in [0.05, 0.1) is 6.61 Å². The van der Waals surface area contributed by atoms with Gasteiger partial charge in [0.2, 0.25) is 0 Å². The van der Waals surface area contributed by atoms with Gasteiger partial charge in [-0.2, -0.15) is 0 Å². The first-order valence-corrected chi connectivity index (χ1v) is 37.0. The van der Waals surface area contributed by atoms with Gasteiger partial charge in [-0.05, 0) is 64.2 Å². The Balaban J connectivity index is 3.40. The Labute approximate surface area is 518 Å². The van der Waals surface area contributed by atoms with E-state index in [1.165, 1.54) is 289 Å². The fourth-order valence-electron chi connectivity index (χ4n) is 11.3. The van der Waals surface area contributed by atoms with Crippen LogP contribution in [0.2, 0.25) is 0 Å². The first kappa shape index (κ1) is 80.3. The van der Waals surface area contributed by atoms with Gasteiger partial charge in [0, 0.05) is 12.8 Å². The maximum Gasteiger partial charge on any atom is 0.306 e. The molecule has 1 unspecified atom stereocenters. The van der Waals surface area contributed by atoms with Crippen LogP contribution in [0, 0.1) is 0 Å². The summed E-state index contributed by atoms with van der Waals surface area (Å²) in [4.78, 5) is 24.7. The molecule has 5 nitrogen and oxygen atoms in total. The van der Waals surface area contributed by atoms with Crippen molar-refractivity contribution in [1.29, 1.82) is 0 Å². The van der Waals surface area contributed by atoms with E-state index in [1.807, 2.05) is 0 Å². The molecule has 0 spiro atoms. The zero-order valence-electron chi connectivity index (χ0n) is 55.7. The van der Waals surface area contributed by atoms with E-state index in [9.17, 15) is 14.7 Å². The first-order chi connectivity index (χ1) is 41.1. The van der Waals surface area contributed by atoms with Crippen LogP contribution in [0.3, 0.4) is 0 Å². The van der Waals surface area contributed by atoms with Gasteiger partial charge in [-0.3, -0.25) is 9.59 Å². The lowest BCUT2D eigenvalue weighted by Gasteiger charge is -2.15. The fourth-order valence-corrected chi connectivity index (χ4v) is 11.3. The Morgan fingerprint density at radius 3 is 0.783 bits per heavy atom. The van der Waals surface area contributed by atoms with Gasteiger partial charge in [-0.1, -0.05) is 389 Å². The topological polar surface area (TPSA) is 72.8 Å². The molecule has 0 aliphatic heterocycles. The van der Waals surface area contributed by atoms with Crippen molar-refractivity contribution in [2.24, 2.45) is 0 Å². The summed E-state index contributed by atoms with van der Waals surface area (Å²) < 4.78 is 10.8. The SMILES string of the molecule is CC/C=C\C/C=C\C/C=C\C/C=C\C/C=C\C/C=C\CCCCCCCCCCCCCCCCC(=O)OC(CO)COC(=O)CCCCCCCCCCCCCCCCCCCCCCCCCCCCCCCCCCCCCC. The van der Waals surface area contributed by atoms with E-state index in [0.29, 0.717) is 12.8 Å². The van der Waals surface area contributed by atoms with Crippen molar-refractivity contribution in [1.82, 2.24) is 0 Å². The second-order valence-corrected chi connectivity index (χ2v) is 25.0. The second kappa shape index (κ2) is 73.6. The van der Waals surface area contributed by atoms with Crippen molar-refractivity contribution < 1.29 is 24.2 Å². The van der Waals surface area contributed by atoms with Crippen LogP contribution in [0.4, 0.5) is 0 Å². The molecule has 0 saturated heterocycles. The third-order valence-electron chi connectivity index (χ3n) is 16.8. The zero-order valence-corrected chi connectivity index (χ0v) is 55.7. The summed E-state index contributed by atoms with van der Waals surface area (Å²) in [6.45, 7) is 4.08. The number of carbonyl (C=O) groups is 2. The van der Waals surface area contributed by atoms with Crippen LogP contribution in [-0.4, -0.2) is 36.4 Å². The fraction of sp³-hybridized carbons (Fsp3) is 0.821. The molecule has 0 saturated carbocycles. The Morgan fingerprint density at radius 2 is 0.518 bits per heavy atom. The molecule has 0 aliphatic rings. The highest BCUT2D eigenvalue weighted by molar-refractivity contribution is 5.70. The highest BCUT2D eigenvalue weighted by atomic mass is 16.6. The van der Waals surface area contributed by atoms with Crippen molar-refractivity contribution in [2.75, 3.05) is 13.2 Å². The molecule has 0 aromatic heterocycles. The Bertz CT molecular complexity index is 1450. The van der Waals surface area contributed by atoms with E-state index in [0.717, 1.165) is 77.0 Å². The van der Waals surface area contributed by atoms with E-state index in [-0.39, 0.29) is 25.2 Å². The Morgan fingerprint density at radius 1 is 0.289 bits per heavy atom. The lowest BCUT2D eigenvalue weighted by Crippen LogP contribution is -2.28. The summed E-state index contributed by atoms with van der Waals surface area (Å²) in [6, 6.07) is 0. The first-order valence-electron chi connectivity index (χ1n) is 37.0. The van der Waals surface area contributed by atoms with Crippen molar-refractivity contribution in [3.8, 4) is 0 Å². The largest absolute Gasteiger partial charge is 0.462 e. The number of rotatable bonds is 69. The van der Waals surface area contributed by atoms with Crippen LogP contribution >= 0.6 is 0 Å². The summed E-state index contributed by atoms with van der Waals surface area (Å²) in [7, 11) is 0. The number of hydrogen-bond donors (Lipinski definition) is 1. The van der Waals surface area contributed by atoms with E-state index >= 15 is 0 Å². The molecule has 0 heterocycles. The number of aliphatic hydroxyl groups excluding tert-OH is 1. The number of allylic oxidation sites excluding steroid dienone is 12. The minimum absolute atomic E-state index is 0.0630. The summed E-state index contributed by atoms with van der Waals surface area (Å²) in [6.07, 6.45) is 102. The molecule has 0 rings (SSSR count). The van der Waals surface area contributed by atoms with Crippen LogP contribution in [0.25, 0.3) is 0 Å². The summed E-state index contributed by atoms with van der Waals surface area (Å²) >= 11 is 0. The Hall–Kier alpha value is -2.66. The van der Waals surface area contributed by atoms with Crippen LogP contribution in [0.1, 0.15) is 393 Å². The monoisotopic (exact) mass is 1160 g/mol. The number of carbonyl (C=O) groups excluding carboxylic acids is 2. The maximum atomic E-state index is 12.4. The predicted molar refractivity (Wildman–Crippen MR) is 367 cm³/mol. The lowest BCUT2D eigenvalue weighted by molar-refractivity contribution is -0.161. The van der Waals surface area contributed by atoms with Crippen LogP contribution in [0.5, 0.6) is 0 Å². The normalized spacial score (nSPS) is 12.6. The standard InChI is InChI=1S/C78H142O5/c1-3-5-7-9-11-13-15-17-19-21-23-25-27-29-31-33-35-37-38-39-41-42-44-46-48-50-52-54-56-58-60-62-64-66-68-70-72-77(80)82-75-76(74-79)83-78(81)73-71-69-67-65-63-61-59-57-55-53-51-49-47-45-43-40-36-34-32-30-28-26-24-22-20-18-16-14-12-10-8-6-4-2/h6,8,12,14,18,20,24,26,30,32,36,40,76,79H,3-5,7,9-11,13,15-17,19,21-23,25,27-29,31,33-35,37-39,41-75H2,1-2H3/b8-6-,14-12-,20-18-,26-24-,32-30-,40-36-. The van der Waals surface area contributed by atoms with Crippen molar-refractivity contribution in [2.45, 2.75) is 399 Å². The quantitative estimate of drug-likeness (QED) is 0.0373. The molecule has 0 aliphatic carbocycles. The van der Waals surface area contributed by atoms with Crippen molar-refractivity contribution >= 4 is 11.9 Å². The molecule has 0 aromatic carbocycles. The number of hydrogen-bond acceptors (Lipinski definition) is 5. The Kier molecular flexibility index (Phi) is 71.2. The molecule has 1 atom stereocenters. The van der Waals surface area contributed by atoms with Gasteiger partial charge in [0.15, 0.2) is 6.10 Å². The summed E-state index contributed by atoms with van der Waals surface area (Å²) in [5.41, 5.74) is 0. The number of unbranched alkanes of at least 4 members (excludes halogenated alkanes) is 49. The molecule has 5 heteroatoms. The summed E-state index contributed by atoms with van der Waals surface area (Å²) in [5.74, 6) is -0.573. The minimum Gasteiger partial charge on any atom is -0.462 e. The zero-order chi connectivity index (χ0) is 59.8. The summed E-state index contributed by atoms with van der Waals surface area (Å²) in [5, 5.41) is 9.71. The maximum absolute atomic E-state index is 12.4. The predicted octanol–water partition coefficient (Wildman–Crippen LogP) is 25.8. The van der Waals surface area contributed by atoms with Gasteiger partial charge in [0.1, 0.15) is 6.61 Å². The van der Waals surface area contributed by atoms with Gasteiger partial charge in [0.25, 0.3) is 0 Å². The van der Waals surface area contributed by atoms with E-state index in [1.54, 1.807) is 0 Å². The number of ether oxygens (including phenoxy) is 2. The molecule has 484 valence electrons. The molecule has 0 fully saturated rings. The number of aliphatic hydroxyl groups is 1. The van der Waals surface area contributed by atoms with E-state index in [4.69, 9.17) is 9.47 Å². The van der Waals surface area contributed by atoms with Gasteiger partial charge in [-0.25, -0.2) is 0 Å². The highest BCUT2D eigenvalue weighted by Gasteiger charge is 2.16. The van der Waals surface area contributed by atoms with E-state index in [2.05, 4.69) is 86.8 Å². The van der Waals surface area contributed by atoms with Crippen LogP contribution in [0.15, 0.2) is 72.9 Å². The average Bonchev–Trinajstić information content (AvgIpc) is 3.49. The molecule has 0 amide bonds. The molecular weight excluding hydrogens is 1020 g/mol. The van der Waals surface area contributed by atoms with Gasteiger partial charge < -0.3 is 14.6 Å². The molecule has 1 N–H and O–H groups in total. The molecule has 0 aromatic rings. The molecule has 0 radical (unpaired) electrons. The average molecular weight is 1160 g/mol. The minimum atomic E-state index is -0.775. The van der Waals surface area contributed by atoms with Gasteiger partial charge >= 0.3 is 11.9 Å². The number of esters is 2. The van der Waals surface area contributed by atoms with Crippen LogP contribution < -0.4 is 0 Å². The third kappa shape index (κ3) is 71.7. The smallest absolute Gasteiger partial charge is 0.306 e. The second-order valence-electron chi connectivity index (χ2n) is 25.0. The highest BCUT2D eigenvalue weighted by Crippen LogP contribution is 2.19. The van der Waals surface area contributed by atoms with Gasteiger partial charge in [-0.15, -0.1) is 0 Å². The molecular formula is C78H142O5. The lowest BCUT2D eigenvalue weighted by atomic mass is 10.0. The van der Waals surface area contributed by atoms with Crippen molar-refractivity contribution in [3.63, 3.8) is 0 Å². The third-order valence-corrected chi connectivity index (χ3v) is 16.8.